The fourth-order valence-electron chi connectivity index (χ4n) is 4.02. The summed E-state index contributed by atoms with van der Waals surface area (Å²) in [6.07, 6.45) is 0. The second kappa shape index (κ2) is 9.20. The van der Waals surface area contributed by atoms with Gasteiger partial charge in [-0.3, -0.25) is 4.79 Å². The lowest BCUT2D eigenvalue weighted by atomic mass is 9.99. The van der Waals surface area contributed by atoms with Crippen molar-refractivity contribution in [2.75, 3.05) is 13.1 Å². The summed E-state index contributed by atoms with van der Waals surface area (Å²) < 4.78 is 27.8. The topological polar surface area (TPSA) is 64.2 Å². The van der Waals surface area contributed by atoms with Crippen molar-refractivity contribution in [2.24, 2.45) is 5.73 Å². The molecule has 0 saturated heterocycles. The fourth-order valence-corrected chi connectivity index (χ4v) is 4.02. The molecule has 0 unspecified atom stereocenters. The zero-order valence-electron chi connectivity index (χ0n) is 19.2. The highest BCUT2D eigenvalue weighted by atomic mass is 19.1. The van der Waals surface area contributed by atoms with Crippen LogP contribution in [0.4, 0.5) is 8.78 Å². The summed E-state index contributed by atoms with van der Waals surface area (Å²) in [5.74, 6) is 0.368. The predicted octanol–water partition coefficient (Wildman–Crippen LogP) is 4.48. The van der Waals surface area contributed by atoms with Crippen molar-refractivity contribution < 1.29 is 13.6 Å². The Morgan fingerprint density at radius 3 is 2.28 bits per heavy atom. The van der Waals surface area contributed by atoms with E-state index in [1.807, 2.05) is 33.8 Å². The largest absolute Gasteiger partial charge is 0.328 e. The van der Waals surface area contributed by atoms with Crippen molar-refractivity contribution >= 4 is 5.91 Å². The van der Waals surface area contributed by atoms with Gasteiger partial charge in [-0.15, -0.1) is 0 Å². The average Bonchev–Trinajstić information content (AvgIpc) is 3.10. The molecule has 0 saturated carbocycles. The molecule has 3 aromatic rings. The number of halogens is 2. The van der Waals surface area contributed by atoms with Crippen LogP contribution in [-0.4, -0.2) is 33.4 Å². The maximum absolute atomic E-state index is 13.6. The van der Waals surface area contributed by atoms with E-state index in [1.54, 1.807) is 30.0 Å². The summed E-state index contributed by atoms with van der Waals surface area (Å²) in [7, 11) is 0. The van der Waals surface area contributed by atoms with Crippen LogP contribution in [0.3, 0.4) is 0 Å². The van der Waals surface area contributed by atoms with Crippen molar-refractivity contribution in [1.82, 2.24) is 14.5 Å². The molecule has 1 aromatic heterocycles. The summed E-state index contributed by atoms with van der Waals surface area (Å²) >= 11 is 0. The number of aromatic nitrogens is 2. The Bertz CT molecular complexity index is 1100. The Balaban J connectivity index is 0.000000305. The molecule has 0 radical (unpaired) electrons. The van der Waals surface area contributed by atoms with Crippen LogP contribution < -0.4 is 5.73 Å². The van der Waals surface area contributed by atoms with Gasteiger partial charge >= 0.3 is 0 Å². The zero-order chi connectivity index (χ0) is 23.6. The molecule has 1 amide bonds. The minimum atomic E-state index is -0.535. The first-order chi connectivity index (χ1) is 15.1. The number of imidazole rings is 1. The fraction of sp³-hybridized carbons (Fsp3) is 0.360. The summed E-state index contributed by atoms with van der Waals surface area (Å²) in [6.45, 7) is 10.9. The van der Waals surface area contributed by atoms with Crippen molar-refractivity contribution in [1.29, 1.82) is 0 Å². The Morgan fingerprint density at radius 2 is 1.72 bits per heavy atom. The normalized spacial score (nSPS) is 14.4. The maximum atomic E-state index is 13.6. The molecule has 2 N–H and O–H groups in total. The number of fused-ring (bicyclic) bond motifs is 1. The van der Waals surface area contributed by atoms with Gasteiger partial charge in [-0.2, -0.15) is 0 Å². The second-order valence-electron chi connectivity index (χ2n) is 8.59. The third-order valence-corrected chi connectivity index (χ3v) is 5.91. The maximum Gasteiger partial charge on any atom is 0.237 e. The lowest BCUT2D eigenvalue weighted by Gasteiger charge is -2.42. The number of nitrogens with two attached hydrogens (primary N) is 1. The van der Waals surface area contributed by atoms with Crippen molar-refractivity contribution in [3.05, 3.63) is 76.7 Å². The molecule has 2 aromatic carbocycles. The molecule has 7 heteroatoms. The Morgan fingerprint density at radius 1 is 1.06 bits per heavy atom. The SMILES string of the molecule is Cc1cc(-c2nc3n(c2C)CCN(C(=O)CN)C3(C)C)ccc1F.Cc1ccc(F)cc1. The van der Waals surface area contributed by atoms with Gasteiger partial charge in [-0.25, -0.2) is 13.8 Å². The van der Waals surface area contributed by atoms with Crippen LogP contribution >= 0.6 is 0 Å². The molecular weight excluding hydrogens is 410 g/mol. The van der Waals surface area contributed by atoms with Gasteiger partial charge in [-0.1, -0.05) is 17.7 Å². The molecule has 4 rings (SSSR count). The van der Waals surface area contributed by atoms with Gasteiger partial charge in [-0.05, 0) is 70.5 Å². The number of nitrogens with zero attached hydrogens (tertiary/aromatic N) is 3. The average molecular weight is 441 g/mol. The number of amides is 1. The molecule has 32 heavy (non-hydrogen) atoms. The third kappa shape index (κ3) is 4.58. The van der Waals surface area contributed by atoms with E-state index in [0.29, 0.717) is 18.7 Å². The molecule has 2 heterocycles. The number of carbonyl (C=O) groups is 1. The van der Waals surface area contributed by atoms with Crippen LogP contribution in [-0.2, 0) is 16.9 Å². The van der Waals surface area contributed by atoms with Gasteiger partial charge in [0, 0.05) is 24.3 Å². The first kappa shape index (κ1) is 23.6. The van der Waals surface area contributed by atoms with Gasteiger partial charge in [0.25, 0.3) is 0 Å². The molecule has 170 valence electrons. The van der Waals surface area contributed by atoms with Crippen LogP contribution in [0.25, 0.3) is 11.3 Å². The van der Waals surface area contributed by atoms with Gasteiger partial charge in [0.1, 0.15) is 17.5 Å². The summed E-state index contributed by atoms with van der Waals surface area (Å²) in [5.41, 5.74) is 9.45. The van der Waals surface area contributed by atoms with Crippen molar-refractivity contribution in [3.63, 3.8) is 0 Å². The molecule has 5 nitrogen and oxygen atoms in total. The van der Waals surface area contributed by atoms with E-state index in [9.17, 15) is 13.6 Å². The van der Waals surface area contributed by atoms with E-state index in [-0.39, 0.29) is 24.1 Å². The van der Waals surface area contributed by atoms with E-state index >= 15 is 0 Å². The quantitative estimate of drug-likeness (QED) is 0.639. The second-order valence-corrected chi connectivity index (χ2v) is 8.59. The molecule has 1 aliphatic heterocycles. The Hall–Kier alpha value is -3.06. The van der Waals surface area contributed by atoms with Crippen LogP contribution in [0.2, 0.25) is 0 Å². The molecule has 0 atom stereocenters. The first-order valence-electron chi connectivity index (χ1n) is 10.6. The zero-order valence-corrected chi connectivity index (χ0v) is 19.2. The number of aryl methyl sites for hydroxylation is 2. The Kier molecular flexibility index (Phi) is 6.79. The first-order valence-corrected chi connectivity index (χ1v) is 10.6. The van der Waals surface area contributed by atoms with Crippen LogP contribution in [0.15, 0.2) is 42.5 Å². The number of carbonyl (C=O) groups excluding carboxylic acids is 1. The van der Waals surface area contributed by atoms with E-state index < -0.39 is 5.54 Å². The van der Waals surface area contributed by atoms with Gasteiger partial charge in [0.2, 0.25) is 5.91 Å². The number of hydrogen-bond acceptors (Lipinski definition) is 3. The highest BCUT2D eigenvalue weighted by Gasteiger charge is 2.40. The lowest BCUT2D eigenvalue weighted by molar-refractivity contribution is -0.137. The summed E-state index contributed by atoms with van der Waals surface area (Å²) in [4.78, 5) is 18.8. The van der Waals surface area contributed by atoms with Gasteiger partial charge in [0.05, 0.1) is 17.8 Å². The number of rotatable bonds is 2. The number of hydrogen-bond donors (Lipinski definition) is 1. The Labute approximate surface area is 187 Å². The predicted molar refractivity (Wildman–Crippen MR) is 122 cm³/mol. The molecule has 1 aliphatic rings. The molecule has 0 bridgehead atoms. The molecular formula is C25H30F2N4O. The minimum absolute atomic E-state index is 0.00681. The van der Waals surface area contributed by atoms with E-state index in [1.165, 1.54) is 18.2 Å². The molecule has 0 aliphatic carbocycles. The van der Waals surface area contributed by atoms with E-state index in [0.717, 1.165) is 28.3 Å². The van der Waals surface area contributed by atoms with Crippen molar-refractivity contribution in [3.8, 4) is 11.3 Å². The van der Waals surface area contributed by atoms with E-state index in [2.05, 4.69) is 4.57 Å². The summed E-state index contributed by atoms with van der Waals surface area (Å²) in [6, 6.07) is 11.4. The third-order valence-electron chi connectivity index (χ3n) is 5.91. The summed E-state index contributed by atoms with van der Waals surface area (Å²) in [5, 5.41) is 0. The lowest BCUT2D eigenvalue weighted by Crippen LogP contribution is -2.53. The van der Waals surface area contributed by atoms with Gasteiger partial charge in [0.15, 0.2) is 0 Å². The monoisotopic (exact) mass is 440 g/mol. The molecule has 0 fully saturated rings. The van der Waals surface area contributed by atoms with Crippen molar-refractivity contribution in [2.45, 2.75) is 46.7 Å². The molecule has 0 spiro atoms. The highest BCUT2D eigenvalue weighted by Crippen LogP contribution is 2.35. The van der Waals surface area contributed by atoms with Crippen LogP contribution in [0.1, 0.15) is 36.5 Å². The van der Waals surface area contributed by atoms with Crippen LogP contribution in [0, 0.1) is 32.4 Å². The minimum Gasteiger partial charge on any atom is -0.328 e. The highest BCUT2D eigenvalue weighted by molar-refractivity contribution is 5.79. The van der Waals surface area contributed by atoms with Gasteiger partial charge < -0.3 is 15.2 Å². The smallest absolute Gasteiger partial charge is 0.237 e. The van der Waals surface area contributed by atoms with E-state index in [4.69, 9.17) is 10.7 Å². The standard InChI is InChI=1S/C18H23FN4O.C7H7F/c1-11-9-13(5-6-14(11)19)16-12(2)22-7-8-23(15(24)10-20)18(3,4)17(22)21-16;1-6-2-4-7(8)5-3-6/h5-6,9H,7-8,10,20H2,1-4H3;2-5H,1H3. The number of benzene rings is 2. The van der Waals surface area contributed by atoms with Crippen LogP contribution in [0.5, 0.6) is 0 Å².